The summed E-state index contributed by atoms with van der Waals surface area (Å²) in [6, 6.07) is 13.8. The first-order chi connectivity index (χ1) is 10.0. The van der Waals surface area contributed by atoms with Crippen LogP contribution in [0.15, 0.2) is 53.4 Å². The Balaban J connectivity index is 1.99. The van der Waals surface area contributed by atoms with E-state index in [4.69, 9.17) is 0 Å². The molecule has 0 fully saturated rings. The molecule has 5 heteroatoms. The van der Waals surface area contributed by atoms with Crippen molar-refractivity contribution >= 4 is 10.0 Å². The van der Waals surface area contributed by atoms with E-state index in [1.165, 1.54) is 0 Å². The number of sulfonamides is 1. The van der Waals surface area contributed by atoms with Crippen molar-refractivity contribution in [1.29, 1.82) is 0 Å². The Labute approximate surface area is 125 Å². The van der Waals surface area contributed by atoms with Crippen LogP contribution in [0.2, 0.25) is 0 Å². The second-order valence-corrected chi connectivity index (χ2v) is 6.54. The lowest BCUT2D eigenvalue weighted by Gasteiger charge is -2.08. The smallest absolute Gasteiger partial charge is 0.240 e. The SMILES string of the molecule is CCc1ccc(S(=O)(=O)NCCc2ccccc2O)cc1. The Bertz CT molecular complexity index is 694. The van der Waals surface area contributed by atoms with Gasteiger partial charge >= 0.3 is 0 Å². The number of phenolic OH excluding ortho intramolecular Hbond substituents is 1. The van der Waals surface area contributed by atoms with E-state index < -0.39 is 10.0 Å². The molecule has 0 aromatic heterocycles. The van der Waals surface area contributed by atoms with Gasteiger partial charge in [-0.1, -0.05) is 37.3 Å². The fourth-order valence-corrected chi connectivity index (χ4v) is 3.06. The molecule has 0 bridgehead atoms. The molecule has 2 rings (SSSR count). The van der Waals surface area contributed by atoms with Crippen molar-refractivity contribution in [2.45, 2.75) is 24.7 Å². The molecule has 0 saturated heterocycles. The number of para-hydroxylation sites is 1. The molecule has 0 aliphatic rings. The van der Waals surface area contributed by atoms with Crippen LogP contribution in [0.25, 0.3) is 0 Å². The molecule has 112 valence electrons. The lowest BCUT2D eigenvalue weighted by molar-refractivity contribution is 0.467. The van der Waals surface area contributed by atoms with Crippen LogP contribution in [0, 0.1) is 0 Å². The van der Waals surface area contributed by atoms with Crippen molar-refractivity contribution in [1.82, 2.24) is 4.72 Å². The van der Waals surface area contributed by atoms with E-state index in [9.17, 15) is 13.5 Å². The zero-order valence-corrected chi connectivity index (χ0v) is 12.7. The number of benzene rings is 2. The normalized spacial score (nSPS) is 11.5. The van der Waals surface area contributed by atoms with Crippen molar-refractivity contribution < 1.29 is 13.5 Å². The minimum Gasteiger partial charge on any atom is -0.508 e. The Hall–Kier alpha value is -1.85. The molecule has 0 saturated carbocycles. The Morgan fingerprint density at radius 2 is 1.71 bits per heavy atom. The van der Waals surface area contributed by atoms with E-state index in [0.717, 1.165) is 17.5 Å². The Morgan fingerprint density at radius 3 is 2.33 bits per heavy atom. The number of nitrogens with one attached hydrogen (secondary N) is 1. The first-order valence-electron chi connectivity index (χ1n) is 6.88. The van der Waals surface area contributed by atoms with E-state index in [1.54, 1.807) is 30.3 Å². The van der Waals surface area contributed by atoms with Crippen LogP contribution < -0.4 is 4.72 Å². The average molecular weight is 305 g/mol. The van der Waals surface area contributed by atoms with Gasteiger partial charge in [0, 0.05) is 6.54 Å². The third-order valence-corrected chi connectivity index (χ3v) is 4.80. The van der Waals surface area contributed by atoms with E-state index in [0.29, 0.717) is 6.42 Å². The van der Waals surface area contributed by atoms with Gasteiger partial charge in [0.25, 0.3) is 0 Å². The van der Waals surface area contributed by atoms with Gasteiger partial charge in [-0.3, -0.25) is 0 Å². The number of phenols is 1. The second-order valence-electron chi connectivity index (χ2n) is 4.77. The van der Waals surface area contributed by atoms with Gasteiger partial charge in [-0.05, 0) is 42.2 Å². The number of aromatic hydroxyl groups is 1. The standard InChI is InChI=1S/C16H19NO3S/c1-2-13-7-9-15(10-8-13)21(19,20)17-12-11-14-5-3-4-6-16(14)18/h3-10,17-18H,2,11-12H2,1H3. The van der Waals surface area contributed by atoms with Crippen molar-refractivity contribution in [3.05, 3.63) is 59.7 Å². The van der Waals surface area contributed by atoms with Crippen molar-refractivity contribution in [2.24, 2.45) is 0 Å². The van der Waals surface area contributed by atoms with Crippen LogP contribution in [0.5, 0.6) is 5.75 Å². The summed E-state index contributed by atoms with van der Waals surface area (Å²) in [4.78, 5) is 0.261. The Kier molecular flexibility index (Phi) is 4.98. The van der Waals surface area contributed by atoms with Gasteiger partial charge in [-0.2, -0.15) is 0 Å². The predicted molar refractivity (Wildman–Crippen MR) is 82.8 cm³/mol. The van der Waals surface area contributed by atoms with Crippen LogP contribution in [0.1, 0.15) is 18.1 Å². The zero-order chi connectivity index (χ0) is 15.3. The van der Waals surface area contributed by atoms with Gasteiger partial charge < -0.3 is 5.11 Å². The fourth-order valence-electron chi connectivity index (χ4n) is 2.03. The highest BCUT2D eigenvalue weighted by Gasteiger charge is 2.13. The monoisotopic (exact) mass is 305 g/mol. The highest BCUT2D eigenvalue weighted by molar-refractivity contribution is 7.89. The third kappa shape index (κ3) is 4.06. The molecule has 0 amide bonds. The summed E-state index contributed by atoms with van der Waals surface area (Å²) in [6.45, 7) is 2.27. The van der Waals surface area contributed by atoms with Gasteiger partial charge in [0.1, 0.15) is 5.75 Å². The van der Waals surface area contributed by atoms with Crippen molar-refractivity contribution in [3.63, 3.8) is 0 Å². The summed E-state index contributed by atoms with van der Waals surface area (Å²) in [6.07, 6.45) is 1.32. The molecule has 4 nitrogen and oxygen atoms in total. The van der Waals surface area contributed by atoms with Gasteiger partial charge in [-0.15, -0.1) is 0 Å². The molecule has 2 N–H and O–H groups in total. The maximum Gasteiger partial charge on any atom is 0.240 e. The maximum absolute atomic E-state index is 12.1. The van der Waals surface area contributed by atoms with Gasteiger partial charge in [0.15, 0.2) is 0 Å². The summed E-state index contributed by atoms with van der Waals surface area (Å²) >= 11 is 0. The molecule has 0 aliphatic heterocycles. The predicted octanol–water partition coefficient (Wildman–Crippen LogP) is 2.48. The van der Waals surface area contributed by atoms with E-state index in [1.807, 2.05) is 25.1 Å². The largest absolute Gasteiger partial charge is 0.508 e. The number of hydrogen-bond donors (Lipinski definition) is 2. The number of rotatable bonds is 6. The molecule has 21 heavy (non-hydrogen) atoms. The quantitative estimate of drug-likeness (QED) is 0.861. The first-order valence-corrected chi connectivity index (χ1v) is 8.36. The van der Waals surface area contributed by atoms with Crippen LogP contribution >= 0.6 is 0 Å². The number of aryl methyl sites for hydroxylation is 1. The van der Waals surface area contributed by atoms with Crippen molar-refractivity contribution in [2.75, 3.05) is 6.54 Å². The maximum atomic E-state index is 12.1. The lowest BCUT2D eigenvalue weighted by Crippen LogP contribution is -2.26. The summed E-state index contributed by atoms with van der Waals surface area (Å²) in [5.41, 5.74) is 1.82. The molecule has 0 radical (unpaired) electrons. The van der Waals surface area contributed by atoms with Gasteiger partial charge in [0.05, 0.1) is 4.90 Å². The van der Waals surface area contributed by atoms with E-state index in [-0.39, 0.29) is 17.2 Å². The fraction of sp³-hybridized carbons (Fsp3) is 0.250. The van der Waals surface area contributed by atoms with E-state index in [2.05, 4.69) is 4.72 Å². The van der Waals surface area contributed by atoms with Crippen LogP contribution in [-0.4, -0.2) is 20.1 Å². The molecule has 2 aromatic rings. The summed E-state index contributed by atoms with van der Waals surface area (Å²) in [7, 11) is -3.50. The summed E-state index contributed by atoms with van der Waals surface area (Å²) in [5.74, 6) is 0.184. The minimum atomic E-state index is -3.50. The molecule has 0 aliphatic carbocycles. The average Bonchev–Trinajstić information content (AvgIpc) is 2.49. The summed E-state index contributed by atoms with van der Waals surface area (Å²) in [5, 5.41) is 9.64. The highest BCUT2D eigenvalue weighted by Crippen LogP contribution is 2.16. The van der Waals surface area contributed by atoms with Gasteiger partial charge in [0.2, 0.25) is 10.0 Å². The van der Waals surface area contributed by atoms with Crippen LogP contribution in [0.3, 0.4) is 0 Å². The molecule has 2 aromatic carbocycles. The molecule has 0 spiro atoms. The minimum absolute atomic E-state index is 0.184. The highest BCUT2D eigenvalue weighted by atomic mass is 32.2. The zero-order valence-electron chi connectivity index (χ0n) is 11.9. The Morgan fingerprint density at radius 1 is 1.05 bits per heavy atom. The second kappa shape index (κ2) is 6.74. The number of hydrogen-bond acceptors (Lipinski definition) is 3. The van der Waals surface area contributed by atoms with Crippen LogP contribution in [-0.2, 0) is 22.9 Å². The van der Waals surface area contributed by atoms with E-state index >= 15 is 0 Å². The topological polar surface area (TPSA) is 66.4 Å². The molecular weight excluding hydrogens is 286 g/mol. The third-order valence-electron chi connectivity index (χ3n) is 3.32. The molecule has 0 atom stereocenters. The molecule has 0 unspecified atom stereocenters. The van der Waals surface area contributed by atoms with Crippen LogP contribution in [0.4, 0.5) is 0 Å². The lowest BCUT2D eigenvalue weighted by atomic mass is 10.1. The van der Waals surface area contributed by atoms with Crippen molar-refractivity contribution in [3.8, 4) is 5.75 Å². The summed E-state index contributed by atoms with van der Waals surface area (Å²) < 4.78 is 26.8. The molecule has 0 heterocycles. The van der Waals surface area contributed by atoms with Gasteiger partial charge in [-0.25, -0.2) is 13.1 Å². The first kappa shape index (κ1) is 15.5. The molecular formula is C16H19NO3S.